The minimum Gasteiger partial charge on any atom is -0.497 e. The summed E-state index contributed by atoms with van der Waals surface area (Å²) in [7, 11) is 1.48. The number of rotatable bonds is 14. The van der Waals surface area contributed by atoms with Crippen molar-refractivity contribution in [1.82, 2.24) is 0 Å². The van der Waals surface area contributed by atoms with Crippen LogP contribution in [0.3, 0.4) is 0 Å². The van der Waals surface area contributed by atoms with Crippen molar-refractivity contribution in [3.05, 3.63) is 41.5 Å². The molecular weight excluding hydrogens is 580 g/mol. The van der Waals surface area contributed by atoms with Crippen molar-refractivity contribution < 1.29 is 28.2 Å². The van der Waals surface area contributed by atoms with Crippen molar-refractivity contribution in [2.24, 2.45) is 17.3 Å². The van der Waals surface area contributed by atoms with Crippen molar-refractivity contribution in [1.29, 1.82) is 0 Å². The maximum absolute atomic E-state index is 12.2. The number of allylic oxidation sites excluding steroid dienone is 1. The van der Waals surface area contributed by atoms with E-state index in [9.17, 15) is 4.79 Å². The average Bonchev–Trinajstić information content (AvgIpc) is 2.97. The molecule has 0 radical (unpaired) electrons. The number of carbonyl (C=O) groups excluding carboxylic acids is 1. The molecule has 1 aromatic carbocycles. The zero-order chi connectivity index (χ0) is 33.9. The molecule has 7 heteroatoms. The van der Waals surface area contributed by atoms with Crippen LogP contribution in [-0.4, -0.2) is 53.4 Å². The molecule has 6 nitrogen and oxygen atoms in total. The summed E-state index contributed by atoms with van der Waals surface area (Å²) >= 11 is 0. The number of hydrogen-bond donors (Lipinski definition) is 0. The van der Waals surface area contributed by atoms with Gasteiger partial charge in [-0.3, -0.25) is 4.79 Å². The molecule has 1 aromatic rings. The Bertz CT molecular complexity index is 1120. The largest absolute Gasteiger partial charge is 0.497 e. The first-order valence-corrected chi connectivity index (χ1v) is 19.0. The van der Waals surface area contributed by atoms with Crippen molar-refractivity contribution >= 4 is 14.3 Å². The third kappa shape index (κ3) is 11.0. The molecule has 0 unspecified atom stereocenters. The first-order chi connectivity index (χ1) is 21.1. The summed E-state index contributed by atoms with van der Waals surface area (Å²) in [4.78, 5) is 12.2. The second kappa shape index (κ2) is 17.7. The van der Waals surface area contributed by atoms with E-state index < -0.39 is 13.7 Å². The second-order valence-electron chi connectivity index (χ2n) is 14.7. The normalized spacial score (nSPS) is 21.0. The number of carbonyl (C=O) groups is 1. The molecule has 0 aromatic heterocycles. The lowest BCUT2D eigenvalue weighted by atomic mass is 9.83. The lowest BCUT2D eigenvalue weighted by molar-refractivity contribution is -0.151. The van der Waals surface area contributed by atoms with Gasteiger partial charge in [0, 0.05) is 13.0 Å². The number of hydrogen-bond acceptors (Lipinski definition) is 6. The molecule has 45 heavy (non-hydrogen) atoms. The SMILES string of the molecule is COc1ccc(CO[C@H](/C(C)=C/[C@@H]2CC[C@@H](O[Si](C(C)C)(C(C)C)C(C)C)[C@H](OC)C2)[C@H](C)C#CCOC(=O)C(C)(C)C)cc1. The second-order valence-corrected chi connectivity index (χ2v) is 20.2. The van der Waals surface area contributed by atoms with Gasteiger partial charge in [-0.2, -0.15) is 0 Å². The van der Waals surface area contributed by atoms with Crippen LogP contribution in [0.4, 0.5) is 0 Å². The number of methoxy groups -OCH3 is 2. The summed E-state index contributed by atoms with van der Waals surface area (Å²) in [5.41, 5.74) is 3.29. The Morgan fingerprint density at radius 3 is 2.07 bits per heavy atom. The number of benzene rings is 1. The lowest BCUT2D eigenvalue weighted by Crippen LogP contribution is -2.53. The third-order valence-corrected chi connectivity index (χ3v) is 15.5. The third-order valence-electron chi connectivity index (χ3n) is 9.34. The Hall–Kier alpha value is -2.11. The highest BCUT2D eigenvalue weighted by Gasteiger charge is 2.48. The van der Waals surface area contributed by atoms with E-state index in [-0.39, 0.29) is 36.8 Å². The zero-order valence-corrected chi connectivity index (χ0v) is 31.5. The van der Waals surface area contributed by atoms with Crippen LogP contribution in [0.5, 0.6) is 5.75 Å². The molecule has 1 aliphatic rings. The van der Waals surface area contributed by atoms with Crippen LogP contribution in [-0.2, 0) is 30.0 Å². The van der Waals surface area contributed by atoms with Gasteiger partial charge in [0.2, 0.25) is 8.32 Å². The predicted octanol–water partition coefficient (Wildman–Crippen LogP) is 9.13. The minimum absolute atomic E-state index is 0.0595. The van der Waals surface area contributed by atoms with Gasteiger partial charge in [-0.1, -0.05) is 71.6 Å². The van der Waals surface area contributed by atoms with Crippen LogP contribution < -0.4 is 4.74 Å². The van der Waals surface area contributed by atoms with Gasteiger partial charge in [-0.05, 0) is 99.7 Å². The van der Waals surface area contributed by atoms with Gasteiger partial charge in [0.15, 0.2) is 6.61 Å². The lowest BCUT2D eigenvalue weighted by Gasteiger charge is -2.47. The maximum Gasteiger partial charge on any atom is 0.312 e. The Morgan fingerprint density at radius 2 is 1.56 bits per heavy atom. The van der Waals surface area contributed by atoms with Crippen LogP contribution in [0.15, 0.2) is 35.9 Å². The van der Waals surface area contributed by atoms with Gasteiger partial charge in [-0.15, -0.1) is 0 Å². The fourth-order valence-corrected chi connectivity index (χ4v) is 12.6. The van der Waals surface area contributed by atoms with Gasteiger partial charge in [0.1, 0.15) is 5.75 Å². The molecule has 0 spiro atoms. The summed E-state index contributed by atoms with van der Waals surface area (Å²) in [6, 6.07) is 7.95. The summed E-state index contributed by atoms with van der Waals surface area (Å²) in [5, 5.41) is 0. The number of ether oxygens (including phenoxy) is 4. The van der Waals surface area contributed by atoms with E-state index in [0.717, 1.165) is 36.1 Å². The van der Waals surface area contributed by atoms with Crippen LogP contribution in [0.2, 0.25) is 16.6 Å². The van der Waals surface area contributed by atoms with E-state index in [1.165, 1.54) is 0 Å². The van der Waals surface area contributed by atoms with Gasteiger partial charge >= 0.3 is 5.97 Å². The molecule has 0 heterocycles. The van der Waals surface area contributed by atoms with E-state index in [0.29, 0.717) is 29.1 Å². The van der Waals surface area contributed by atoms with E-state index in [1.54, 1.807) is 7.11 Å². The van der Waals surface area contributed by atoms with Crippen molar-refractivity contribution in [2.45, 2.75) is 137 Å². The fraction of sp³-hybridized carbons (Fsp3) is 0.711. The molecule has 1 aliphatic carbocycles. The quantitative estimate of drug-likeness (QED) is 0.0873. The van der Waals surface area contributed by atoms with Gasteiger partial charge < -0.3 is 23.4 Å². The first kappa shape index (κ1) is 39.1. The van der Waals surface area contributed by atoms with E-state index in [2.05, 4.69) is 73.3 Å². The number of esters is 1. The zero-order valence-electron chi connectivity index (χ0n) is 30.5. The highest BCUT2D eigenvalue weighted by atomic mass is 28.4. The molecule has 0 amide bonds. The van der Waals surface area contributed by atoms with E-state index in [4.69, 9.17) is 23.4 Å². The Kier molecular flexibility index (Phi) is 15.4. The molecule has 0 aliphatic heterocycles. The highest BCUT2D eigenvalue weighted by Crippen LogP contribution is 2.45. The molecule has 1 fully saturated rings. The smallest absolute Gasteiger partial charge is 0.312 e. The van der Waals surface area contributed by atoms with Crippen LogP contribution in [0.1, 0.15) is 101 Å². The van der Waals surface area contributed by atoms with Gasteiger partial charge in [0.25, 0.3) is 0 Å². The topological polar surface area (TPSA) is 63.2 Å². The summed E-state index contributed by atoms with van der Waals surface area (Å²) < 4.78 is 30.6. The molecule has 5 atom stereocenters. The molecule has 2 rings (SSSR count). The monoisotopic (exact) mass is 642 g/mol. The fourth-order valence-electron chi connectivity index (χ4n) is 6.98. The molecule has 1 saturated carbocycles. The van der Waals surface area contributed by atoms with Crippen molar-refractivity contribution in [2.75, 3.05) is 20.8 Å². The maximum atomic E-state index is 12.2. The molecule has 0 saturated heterocycles. The van der Waals surface area contributed by atoms with Crippen molar-refractivity contribution in [3.8, 4) is 17.6 Å². The predicted molar refractivity (Wildman–Crippen MR) is 187 cm³/mol. The standard InChI is InChI=1S/C38H62O6Si/c1-26(2)45(27(3)4,28(5)6)44-34-21-18-32(24-35(34)41-13)23-30(8)36(43-25-31-16-19-33(40-12)20-17-31)29(7)15-14-22-42-37(39)38(9,10)11/h16-17,19-20,23,26-29,32,34-36H,18,21-22,24-25H2,1-13H3/b30-23+/t29-,32+,34-,35-,36+/m1/s1. The average molecular weight is 643 g/mol. The summed E-state index contributed by atoms with van der Waals surface area (Å²) in [6.07, 6.45) is 5.30. The Balaban J connectivity index is 2.23. The van der Waals surface area contributed by atoms with Crippen LogP contribution >= 0.6 is 0 Å². The molecule has 0 bridgehead atoms. The Morgan fingerprint density at radius 1 is 0.956 bits per heavy atom. The molecular formula is C38H62O6Si. The Labute approximate surface area is 276 Å². The first-order valence-electron chi connectivity index (χ1n) is 16.9. The summed E-state index contributed by atoms with van der Waals surface area (Å²) in [5.74, 6) is 7.19. The highest BCUT2D eigenvalue weighted by molar-refractivity contribution is 6.77. The van der Waals surface area contributed by atoms with Crippen molar-refractivity contribution in [3.63, 3.8) is 0 Å². The molecule has 254 valence electrons. The molecule has 0 N–H and O–H groups in total. The van der Waals surface area contributed by atoms with Gasteiger partial charge in [0.05, 0.1) is 37.4 Å². The van der Waals surface area contributed by atoms with Crippen LogP contribution in [0, 0.1) is 29.1 Å². The van der Waals surface area contributed by atoms with Gasteiger partial charge in [-0.25, -0.2) is 0 Å². The van der Waals surface area contributed by atoms with E-state index >= 15 is 0 Å². The minimum atomic E-state index is -2.01. The summed E-state index contributed by atoms with van der Waals surface area (Å²) in [6.45, 7) is 24.3. The van der Waals surface area contributed by atoms with Crippen LogP contribution in [0.25, 0.3) is 0 Å². The van der Waals surface area contributed by atoms with E-state index in [1.807, 2.05) is 52.1 Å².